The predicted molar refractivity (Wildman–Crippen MR) is 46.8 cm³/mol. The van der Waals surface area contributed by atoms with Gasteiger partial charge in [0.05, 0.1) is 0 Å². The molecule has 0 saturated carbocycles. The lowest BCUT2D eigenvalue weighted by molar-refractivity contribution is 0.239. The Balaban J connectivity index is 0.000000605. The van der Waals surface area contributed by atoms with E-state index >= 15 is 0 Å². The lowest BCUT2D eigenvalue weighted by atomic mass is 10.2. The zero-order valence-corrected chi connectivity index (χ0v) is 6.49. The molecule has 0 aromatic heterocycles. The first kappa shape index (κ1) is 10.4. The van der Waals surface area contributed by atoms with Crippen molar-refractivity contribution in [2.45, 2.75) is 0 Å². The summed E-state index contributed by atoms with van der Waals surface area (Å²) >= 11 is 0. The van der Waals surface area contributed by atoms with Gasteiger partial charge in [-0.1, -0.05) is 18.2 Å². The molecule has 0 unspecified atom stereocenters. The van der Waals surface area contributed by atoms with Crippen LogP contribution in [0.4, 0.5) is 4.70 Å². The Morgan fingerprint density at radius 2 is 1.92 bits per heavy atom. The summed E-state index contributed by atoms with van der Waals surface area (Å²) in [7, 11) is 0. The molecular formula is C8H11FN2O. The van der Waals surface area contributed by atoms with Gasteiger partial charge in [0, 0.05) is 11.8 Å². The minimum Gasteiger partial charge on any atom is -0.382 e. The molecule has 0 saturated heterocycles. The molecule has 12 heavy (non-hydrogen) atoms. The van der Waals surface area contributed by atoms with Gasteiger partial charge in [-0.05, 0) is 12.1 Å². The molecule has 0 radical (unpaired) electrons. The Morgan fingerprint density at radius 1 is 1.17 bits per heavy atom. The van der Waals surface area contributed by atoms with Gasteiger partial charge < -0.3 is 11.0 Å². The summed E-state index contributed by atoms with van der Waals surface area (Å²) in [4.78, 5) is 5.09. The fourth-order valence-electron chi connectivity index (χ4n) is 0.932. The second-order valence-electron chi connectivity index (χ2n) is 2.09. The molecule has 1 aromatic rings. The lowest BCUT2D eigenvalue weighted by Gasteiger charge is -2.11. The molecule has 66 valence electrons. The van der Waals surface area contributed by atoms with Crippen molar-refractivity contribution in [2.24, 2.45) is 0 Å². The molecule has 1 heterocycles. The fourth-order valence-corrected chi connectivity index (χ4v) is 0.932. The first-order valence-electron chi connectivity index (χ1n) is 3.15. The van der Waals surface area contributed by atoms with Crippen LogP contribution in [0.2, 0.25) is 0 Å². The standard InChI is InChI=1S/C8H7NO.FH.H3N/c1-2-4-8-7(3-1)5-6-9-10-8;;/h1-6,9H;1H;1H3. The molecular weight excluding hydrogens is 159 g/mol. The first-order valence-corrected chi connectivity index (χ1v) is 3.15. The van der Waals surface area contributed by atoms with Gasteiger partial charge in [0.15, 0.2) is 5.75 Å². The number of fused-ring (bicyclic) bond motifs is 1. The van der Waals surface area contributed by atoms with Gasteiger partial charge in [-0.2, -0.15) is 0 Å². The van der Waals surface area contributed by atoms with E-state index in [4.69, 9.17) is 4.84 Å². The number of benzene rings is 1. The third-order valence-electron chi connectivity index (χ3n) is 1.42. The van der Waals surface area contributed by atoms with E-state index in [1.165, 1.54) is 0 Å². The van der Waals surface area contributed by atoms with Crippen LogP contribution in [0, 0.1) is 0 Å². The van der Waals surface area contributed by atoms with Crippen LogP contribution in [0.15, 0.2) is 30.5 Å². The number of rotatable bonds is 0. The fraction of sp³-hybridized carbons (Fsp3) is 0. The summed E-state index contributed by atoms with van der Waals surface area (Å²) in [6, 6.07) is 7.86. The number of hydrogen-bond donors (Lipinski definition) is 2. The highest BCUT2D eigenvalue weighted by molar-refractivity contribution is 5.57. The minimum atomic E-state index is 0. The molecule has 0 fully saturated rings. The van der Waals surface area contributed by atoms with E-state index in [1.807, 2.05) is 30.3 Å². The summed E-state index contributed by atoms with van der Waals surface area (Å²) < 4.78 is 0. The topological polar surface area (TPSA) is 56.3 Å². The van der Waals surface area contributed by atoms with Crippen LogP contribution in [0.1, 0.15) is 5.56 Å². The van der Waals surface area contributed by atoms with Gasteiger partial charge in [0.1, 0.15) is 0 Å². The Labute approximate surface area is 69.9 Å². The number of hydrogen-bond acceptors (Lipinski definition) is 3. The maximum absolute atomic E-state index is 5.09. The predicted octanol–water partition coefficient (Wildman–Crippen LogP) is 1.87. The molecule has 1 aliphatic heterocycles. The maximum atomic E-state index is 5.09. The van der Waals surface area contributed by atoms with Gasteiger partial charge in [-0.15, -0.1) is 0 Å². The normalized spacial score (nSPS) is 11.0. The zero-order chi connectivity index (χ0) is 6.81. The van der Waals surface area contributed by atoms with Crippen LogP contribution in [-0.4, -0.2) is 0 Å². The second kappa shape index (κ2) is 4.35. The molecule has 2 rings (SSSR count). The van der Waals surface area contributed by atoms with E-state index in [0.717, 1.165) is 11.3 Å². The molecule has 0 amide bonds. The quantitative estimate of drug-likeness (QED) is 0.624. The van der Waals surface area contributed by atoms with E-state index in [2.05, 4.69) is 5.48 Å². The number of nitrogens with one attached hydrogen (secondary N) is 1. The summed E-state index contributed by atoms with van der Waals surface area (Å²) in [6.45, 7) is 0. The van der Waals surface area contributed by atoms with E-state index in [9.17, 15) is 0 Å². The highest BCUT2D eigenvalue weighted by Gasteiger charge is 2.01. The van der Waals surface area contributed by atoms with E-state index in [-0.39, 0.29) is 10.9 Å². The maximum Gasteiger partial charge on any atom is 0.162 e. The Bertz CT molecular complexity index is 276. The Hall–Kier alpha value is -1.55. The third kappa shape index (κ3) is 1.73. The van der Waals surface area contributed by atoms with Crippen LogP contribution >= 0.6 is 0 Å². The zero-order valence-electron chi connectivity index (χ0n) is 6.49. The number of halogens is 1. The summed E-state index contributed by atoms with van der Waals surface area (Å²) in [5.74, 6) is 0.880. The summed E-state index contributed by atoms with van der Waals surface area (Å²) in [6.07, 6.45) is 3.74. The van der Waals surface area contributed by atoms with Gasteiger partial charge in [-0.3, -0.25) is 4.70 Å². The molecule has 0 spiro atoms. The van der Waals surface area contributed by atoms with Crippen molar-refractivity contribution >= 4 is 6.08 Å². The van der Waals surface area contributed by atoms with Crippen molar-refractivity contribution in [2.75, 3.05) is 0 Å². The average molecular weight is 170 g/mol. The molecule has 0 bridgehead atoms. The highest BCUT2D eigenvalue weighted by Crippen LogP contribution is 2.20. The van der Waals surface area contributed by atoms with Crippen molar-refractivity contribution < 1.29 is 9.54 Å². The minimum absolute atomic E-state index is 0. The molecule has 0 atom stereocenters. The van der Waals surface area contributed by atoms with Crippen molar-refractivity contribution in [3.05, 3.63) is 36.0 Å². The van der Waals surface area contributed by atoms with Gasteiger partial charge >= 0.3 is 0 Å². The molecule has 3 nitrogen and oxygen atoms in total. The summed E-state index contributed by atoms with van der Waals surface area (Å²) in [5.41, 5.74) is 3.77. The van der Waals surface area contributed by atoms with Crippen molar-refractivity contribution in [3.63, 3.8) is 0 Å². The van der Waals surface area contributed by atoms with Crippen LogP contribution in [0.3, 0.4) is 0 Å². The Morgan fingerprint density at radius 3 is 2.67 bits per heavy atom. The summed E-state index contributed by atoms with van der Waals surface area (Å²) in [5, 5.41) is 0. The van der Waals surface area contributed by atoms with Crippen LogP contribution in [0.5, 0.6) is 5.75 Å². The average Bonchev–Trinajstić information content (AvgIpc) is 2.05. The number of para-hydroxylation sites is 1. The molecule has 1 aliphatic rings. The van der Waals surface area contributed by atoms with Gasteiger partial charge in [-0.25, -0.2) is 5.48 Å². The van der Waals surface area contributed by atoms with Crippen molar-refractivity contribution in [1.82, 2.24) is 11.6 Å². The lowest BCUT2D eigenvalue weighted by Crippen LogP contribution is -2.13. The van der Waals surface area contributed by atoms with Crippen LogP contribution in [0.25, 0.3) is 6.08 Å². The van der Waals surface area contributed by atoms with Crippen LogP contribution < -0.4 is 16.5 Å². The highest BCUT2D eigenvalue weighted by atomic mass is 19.0. The van der Waals surface area contributed by atoms with Gasteiger partial charge in [0.2, 0.25) is 0 Å². The smallest absolute Gasteiger partial charge is 0.162 e. The molecule has 4 N–H and O–H groups in total. The molecule has 1 aromatic carbocycles. The third-order valence-corrected chi connectivity index (χ3v) is 1.42. The first-order chi connectivity index (χ1) is 4.97. The Kier molecular flexibility index (Phi) is 3.79. The van der Waals surface area contributed by atoms with E-state index in [0.29, 0.717) is 0 Å². The van der Waals surface area contributed by atoms with E-state index < -0.39 is 0 Å². The van der Waals surface area contributed by atoms with E-state index in [1.54, 1.807) is 6.20 Å². The van der Waals surface area contributed by atoms with Crippen molar-refractivity contribution in [3.8, 4) is 5.75 Å². The SMILES string of the molecule is C1=Cc2ccccc2ON1.F.N. The van der Waals surface area contributed by atoms with Gasteiger partial charge in [0.25, 0.3) is 0 Å². The monoisotopic (exact) mass is 170 g/mol. The van der Waals surface area contributed by atoms with Crippen molar-refractivity contribution in [1.29, 1.82) is 0 Å². The largest absolute Gasteiger partial charge is 0.382 e. The van der Waals surface area contributed by atoms with Crippen LogP contribution in [-0.2, 0) is 0 Å². The number of hydroxylamine groups is 1. The molecule has 0 aliphatic carbocycles. The molecule has 4 heteroatoms. The second-order valence-corrected chi connectivity index (χ2v) is 2.09.